The third-order valence-corrected chi connectivity index (χ3v) is 4.91. The lowest BCUT2D eigenvalue weighted by molar-refractivity contribution is 0.639. The Bertz CT molecular complexity index is 533. The summed E-state index contributed by atoms with van der Waals surface area (Å²) in [4.78, 5) is 2.76. The molecule has 1 unspecified atom stereocenters. The minimum absolute atomic E-state index is 0.213. The van der Waals surface area contributed by atoms with Crippen LogP contribution in [0.25, 0.3) is 0 Å². The quantitative estimate of drug-likeness (QED) is 0.752. The number of aryl methyl sites for hydroxylation is 1. The van der Waals surface area contributed by atoms with Gasteiger partial charge in [-0.05, 0) is 48.9 Å². The highest BCUT2D eigenvalue weighted by atomic mass is 79.9. The summed E-state index contributed by atoms with van der Waals surface area (Å²) in [6, 6.07) is 10.7. The summed E-state index contributed by atoms with van der Waals surface area (Å²) in [5.74, 6) is 0. The van der Waals surface area contributed by atoms with E-state index in [9.17, 15) is 0 Å². The van der Waals surface area contributed by atoms with Crippen LogP contribution >= 0.6 is 38.9 Å². The fourth-order valence-corrected chi connectivity index (χ4v) is 4.01. The zero-order chi connectivity index (χ0) is 13.8. The lowest BCUT2D eigenvalue weighted by Crippen LogP contribution is -2.21. The SMILES string of the molecule is CCNC(c1cc(Cl)cc(Br)c1)c1ccc(CC)s1. The molecule has 0 aliphatic carbocycles. The first-order valence-corrected chi connectivity index (χ1v) is 8.40. The van der Waals surface area contributed by atoms with Gasteiger partial charge in [-0.3, -0.25) is 0 Å². The van der Waals surface area contributed by atoms with Crippen molar-refractivity contribution >= 4 is 38.9 Å². The molecule has 1 aromatic heterocycles. The summed E-state index contributed by atoms with van der Waals surface area (Å²) in [6.45, 7) is 5.24. The van der Waals surface area contributed by atoms with Crippen LogP contribution in [-0.4, -0.2) is 6.54 Å². The van der Waals surface area contributed by atoms with Crippen molar-refractivity contribution in [2.45, 2.75) is 26.3 Å². The van der Waals surface area contributed by atoms with Crippen molar-refractivity contribution in [3.05, 3.63) is 55.1 Å². The first kappa shape index (κ1) is 15.0. The van der Waals surface area contributed by atoms with Gasteiger partial charge in [-0.15, -0.1) is 11.3 Å². The van der Waals surface area contributed by atoms with E-state index < -0.39 is 0 Å². The van der Waals surface area contributed by atoms with E-state index in [0.29, 0.717) is 0 Å². The molecule has 1 N–H and O–H groups in total. The highest BCUT2D eigenvalue weighted by Crippen LogP contribution is 2.32. The summed E-state index contributed by atoms with van der Waals surface area (Å²) >= 11 is 11.5. The molecule has 0 spiro atoms. The van der Waals surface area contributed by atoms with Crippen LogP contribution in [0.1, 0.15) is 35.2 Å². The van der Waals surface area contributed by atoms with Gasteiger partial charge in [0.1, 0.15) is 0 Å². The molecule has 1 nitrogen and oxygen atoms in total. The average molecular weight is 359 g/mol. The molecule has 102 valence electrons. The predicted molar refractivity (Wildman–Crippen MR) is 88.4 cm³/mol. The zero-order valence-electron chi connectivity index (χ0n) is 11.0. The Morgan fingerprint density at radius 2 is 2.05 bits per heavy atom. The monoisotopic (exact) mass is 357 g/mol. The molecule has 4 heteroatoms. The first-order valence-electron chi connectivity index (χ1n) is 6.42. The van der Waals surface area contributed by atoms with Gasteiger partial charge in [-0.25, -0.2) is 0 Å². The topological polar surface area (TPSA) is 12.0 Å². The highest BCUT2D eigenvalue weighted by Gasteiger charge is 2.16. The van der Waals surface area contributed by atoms with E-state index >= 15 is 0 Å². The summed E-state index contributed by atoms with van der Waals surface area (Å²) in [5.41, 5.74) is 1.20. The van der Waals surface area contributed by atoms with E-state index in [2.05, 4.69) is 53.3 Å². The first-order chi connectivity index (χ1) is 9.13. The standard InChI is InChI=1S/C15H17BrClNS/c1-3-13-5-6-14(19-13)15(18-4-2)10-7-11(16)9-12(17)8-10/h5-9,15,18H,3-4H2,1-2H3. The largest absolute Gasteiger partial charge is 0.306 e. The molecule has 1 atom stereocenters. The molecule has 0 saturated heterocycles. The van der Waals surface area contributed by atoms with E-state index in [0.717, 1.165) is 22.5 Å². The second-order valence-electron chi connectivity index (χ2n) is 4.35. The molecule has 0 amide bonds. The number of hydrogen-bond acceptors (Lipinski definition) is 2. The summed E-state index contributed by atoms with van der Waals surface area (Å²) in [5, 5.41) is 4.30. The molecular formula is C15H17BrClNS. The van der Waals surface area contributed by atoms with Crippen LogP contribution in [0.4, 0.5) is 0 Å². The zero-order valence-corrected chi connectivity index (χ0v) is 14.2. The Balaban J connectivity index is 2.38. The van der Waals surface area contributed by atoms with E-state index in [4.69, 9.17) is 11.6 Å². The normalized spacial score (nSPS) is 12.6. The Morgan fingerprint density at radius 1 is 1.26 bits per heavy atom. The molecule has 0 aliphatic heterocycles. The smallest absolute Gasteiger partial charge is 0.0671 e. The lowest BCUT2D eigenvalue weighted by Gasteiger charge is -2.17. The fourth-order valence-electron chi connectivity index (χ4n) is 2.07. The van der Waals surface area contributed by atoms with Crippen LogP contribution in [0.5, 0.6) is 0 Å². The molecule has 0 saturated carbocycles. The average Bonchev–Trinajstić information content (AvgIpc) is 2.83. The number of halogens is 2. The molecule has 0 radical (unpaired) electrons. The number of hydrogen-bond donors (Lipinski definition) is 1. The number of nitrogens with one attached hydrogen (secondary N) is 1. The molecule has 1 aromatic carbocycles. The maximum absolute atomic E-state index is 6.16. The molecule has 0 aliphatic rings. The van der Waals surface area contributed by atoms with E-state index in [1.54, 1.807) is 0 Å². The predicted octanol–water partition coefficient (Wildman–Crippen LogP) is 5.43. The van der Waals surface area contributed by atoms with Crippen molar-refractivity contribution in [3.63, 3.8) is 0 Å². The van der Waals surface area contributed by atoms with E-state index in [1.807, 2.05) is 23.5 Å². The van der Waals surface area contributed by atoms with E-state index in [-0.39, 0.29) is 6.04 Å². The van der Waals surface area contributed by atoms with Gasteiger partial charge in [0.2, 0.25) is 0 Å². The second-order valence-corrected chi connectivity index (χ2v) is 6.90. The van der Waals surface area contributed by atoms with Crippen LogP contribution in [0.2, 0.25) is 5.02 Å². The molecule has 0 fully saturated rings. The van der Waals surface area contributed by atoms with Crippen molar-refractivity contribution in [2.24, 2.45) is 0 Å². The van der Waals surface area contributed by atoms with E-state index in [1.165, 1.54) is 15.3 Å². The Morgan fingerprint density at radius 3 is 2.63 bits per heavy atom. The van der Waals surface area contributed by atoms with Gasteiger partial charge >= 0.3 is 0 Å². The molecule has 2 rings (SSSR count). The van der Waals surface area contributed by atoms with Crippen LogP contribution < -0.4 is 5.32 Å². The van der Waals surface area contributed by atoms with Crippen LogP contribution in [0, 0.1) is 0 Å². The third kappa shape index (κ3) is 3.82. The summed E-state index contributed by atoms with van der Waals surface area (Å²) < 4.78 is 1.02. The van der Waals surface area contributed by atoms with Crippen molar-refractivity contribution in [1.82, 2.24) is 5.32 Å². The Labute approximate surface area is 132 Å². The van der Waals surface area contributed by atoms with Gasteiger partial charge in [0.15, 0.2) is 0 Å². The lowest BCUT2D eigenvalue weighted by atomic mass is 10.1. The molecular weight excluding hydrogens is 342 g/mol. The highest BCUT2D eigenvalue weighted by molar-refractivity contribution is 9.10. The maximum atomic E-state index is 6.16. The van der Waals surface area contributed by atoms with Gasteiger partial charge in [0, 0.05) is 19.2 Å². The Kier molecular flexibility index (Phi) is 5.46. The van der Waals surface area contributed by atoms with Crippen LogP contribution in [0.3, 0.4) is 0 Å². The van der Waals surface area contributed by atoms with Crippen molar-refractivity contribution in [1.29, 1.82) is 0 Å². The molecule has 2 aromatic rings. The number of benzene rings is 1. The van der Waals surface area contributed by atoms with Crippen molar-refractivity contribution in [3.8, 4) is 0 Å². The summed E-state index contributed by atoms with van der Waals surface area (Å²) in [7, 11) is 0. The van der Waals surface area contributed by atoms with Gasteiger partial charge in [0.05, 0.1) is 6.04 Å². The molecule has 0 bridgehead atoms. The van der Waals surface area contributed by atoms with Gasteiger partial charge in [-0.1, -0.05) is 41.4 Å². The van der Waals surface area contributed by atoms with Gasteiger partial charge < -0.3 is 5.32 Å². The summed E-state index contributed by atoms with van der Waals surface area (Å²) in [6.07, 6.45) is 1.09. The fraction of sp³-hybridized carbons (Fsp3) is 0.333. The van der Waals surface area contributed by atoms with Gasteiger partial charge in [-0.2, -0.15) is 0 Å². The minimum atomic E-state index is 0.213. The van der Waals surface area contributed by atoms with Gasteiger partial charge in [0.25, 0.3) is 0 Å². The minimum Gasteiger partial charge on any atom is -0.306 e. The van der Waals surface area contributed by atoms with Crippen LogP contribution in [0.15, 0.2) is 34.8 Å². The number of rotatable bonds is 5. The molecule has 1 heterocycles. The van der Waals surface area contributed by atoms with Crippen LogP contribution in [-0.2, 0) is 6.42 Å². The third-order valence-electron chi connectivity index (χ3n) is 2.94. The van der Waals surface area contributed by atoms with Crippen molar-refractivity contribution in [2.75, 3.05) is 6.54 Å². The van der Waals surface area contributed by atoms with Crippen molar-refractivity contribution < 1.29 is 0 Å². The second kappa shape index (κ2) is 6.89. The maximum Gasteiger partial charge on any atom is 0.0671 e. The molecule has 19 heavy (non-hydrogen) atoms. The Hall–Kier alpha value is -0.350. The number of thiophene rings is 1.